The molecule has 0 atom stereocenters. The van der Waals surface area contributed by atoms with Gasteiger partial charge in [-0.05, 0) is 0 Å². The van der Waals surface area contributed by atoms with Crippen LogP contribution in [0.25, 0.3) is 0 Å². The van der Waals surface area contributed by atoms with E-state index in [2.05, 4.69) is 9.91 Å². The molecular weight excluding hydrogens is 229 g/mol. The Kier molecular flexibility index (Phi) is 2.83. The molecule has 1 heterocycles. The summed E-state index contributed by atoms with van der Waals surface area (Å²) in [5, 5.41) is 0. The molecule has 0 bridgehead atoms. The summed E-state index contributed by atoms with van der Waals surface area (Å²) in [5.41, 5.74) is 0. The first-order valence-corrected chi connectivity index (χ1v) is 9.47. The van der Waals surface area contributed by atoms with Gasteiger partial charge in [-0.1, -0.05) is 0 Å². The predicted octanol–water partition coefficient (Wildman–Crippen LogP) is 1.24. The molecule has 0 fully saturated rings. The normalized spacial score (nSPS) is 16.0. The molecule has 0 aromatic carbocycles. The van der Waals surface area contributed by atoms with Crippen LogP contribution in [0, 0.1) is 0 Å². The number of allylic oxidation sites excluding steroid dienone is 1. The van der Waals surface area contributed by atoms with Crippen LogP contribution in [-0.2, 0) is 0 Å². The summed E-state index contributed by atoms with van der Waals surface area (Å²) in [6.45, 7) is 0. The summed E-state index contributed by atoms with van der Waals surface area (Å²) in [6.07, 6.45) is 3.32. The van der Waals surface area contributed by atoms with Crippen LogP contribution in [0.3, 0.4) is 0 Å². The topological polar surface area (TPSA) is 20.3 Å². The van der Waals surface area contributed by atoms with Crippen LogP contribution < -0.4 is 0 Å². The molecule has 0 radical (unpaired) electrons. The van der Waals surface area contributed by atoms with Crippen LogP contribution in [0.2, 0.25) is 4.18 Å². The number of nitrogens with zero attached hydrogens (tertiary/aromatic N) is 1. The second-order valence-corrected chi connectivity index (χ2v) is 10.5. The Bertz CT molecular complexity index is 165. The van der Waals surface area contributed by atoms with Crippen molar-refractivity contribution in [2.75, 3.05) is 14.1 Å². The second-order valence-electron chi connectivity index (χ2n) is 2.84. The van der Waals surface area contributed by atoms with Gasteiger partial charge in [-0.25, -0.2) is 0 Å². The van der Waals surface area contributed by atoms with Crippen LogP contribution in [0.4, 0.5) is 4.79 Å². The van der Waals surface area contributed by atoms with Gasteiger partial charge in [0.2, 0.25) is 0 Å². The van der Waals surface area contributed by atoms with E-state index in [4.69, 9.17) is 0 Å². The maximum atomic E-state index is 11.3. The van der Waals surface area contributed by atoms with Crippen LogP contribution in [0.1, 0.15) is 6.42 Å². The van der Waals surface area contributed by atoms with E-state index in [0.29, 0.717) is 3.66 Å². The van der Waals surface area contributed by atoms with Crippen molar-refractivity contribution >= 4 is 25.1 Å². The fourth-order valence-electron chi connectivity index (χ4n) is 1.17. The third-order valence-corrected chi connectivity index (χ3v) is 9.88. The average Bonchev–Trinajstić information content (AvgIpc) is 2.36. The monoisotopic (exact) mass is 241 g/mol. The van der Waals surface area contributed by atoms with E-state index < -0.39 is 21.4 Å². The van der Waals surface area contributed by atoms with Crippen molar-refractivity contribution in [3.8, 4) is 0 Å². The Morgan fingerprint density at radius 2 is 2.30 bits per heavy atom. The van der Waals surface area contributed by atoms with Crippen LogP contribution >= 0.6 is 0 Å². The first kappa shape index (κ1) is 8.18. The van der Waals surface area contributed by atoms with Crippen molar-refractivity contribution in [3.63, 3.8) is 0 Å². The third-order valence-electron chi connectivity index (χ3n) is 1.77. The van der Waals surface area contributed by atoms with Gasteiger partial charge in [-0.2, -0.15) is 0 Å². The number of carbonyl (C=O) groups is 1. The van der Waals surface area contributed by atoms with E-state index in [1.54, 1.807) is 4.90 Å². The minimum absolute atomic E-state index is 0.440. The Hall–Kier alpha value is 0.0801. The molecule has 0 aromatic heterocycles. The van der Waals surface area contributed by atoms with Crippen molar-refractivity contribution < 1.29 is 4.79 Å². The Morgan fingerprint density at radius 1 is 1.60 bits per heavy atom. The summed E-state index contributed by atoms with van der Waals surface area (Å²) < 4.78 is 3.86. The molecular formula is C7H12InNO. The van der Waals surface area contributed by atoms with Gasteiger partial charge in [0, 0.05) is 0 Å². The molecule has 0 saturated heterocycles. The van der Waals surface area contributed by atoms with Crippen LogP contribution in [0.5, 0.6) is 0 Å². The van der Waals surface area contributed by atoms with Gasteiger partial charge in [0.05, 0.1) is 0 Å². The molecule has 0 saturated carbocycles. The van der Waals surface area contributed by atoms with E-state index in [9.17, 15) is 4.79 Å². The molecule has 2 nitrogen and oxygen atoms in total. The molecule has 0 unspecified atom stereocenters. The van der Waals surface area contributed by atoms with Gasteiger partial charge in [-0.15, -0.1) is 0 Å². The van der Waals surface area contributed by atoms with E-state index in [0.717, 1.165) is 6.42 Å². The van der Waals surface area contributed by atoms with Crippen molar-refractivity contribution in [3.05, 3.63) is 9.91 Å². The van der Waals surface area contributed by atoms with Gasteiger partial charge in [-0.3, -0.25) is 0 Å². The van der Waals surface area contributed by atoms with Gasteiger partial charge in [0.15, 0.2) is 0 Å². The molecule has 1 rings (SSSR count). The number of hydrogen-bond acceptors (Lipinski definition) is 1. The first-order chi connectivity index (χ1) is 4.72. The molecule has 0 N–H and O–H groups in total. The molecule has 0 spiro atoms. The van der Waals surface area contributed by atoms with Crippen molar-refractivity contribution in [2.24, 2.45) is 0 Å². The SMILES string of the molecule is CN(C)[C](=O)[In]1[CH]=CC[CH2]1. The summed E-state index contributed by atoms with van der Waals surface area (Å²) in [7, 11) is 3.71. The van der Waals surface area contributed by atoms with Crippen molar-refractivity contribution in [2.45, 2.75) is 10.6 Å². The molecule has 1 aliphatic heterocycles. The molecule has 0 aliphatic carbocycles. The van der Waals surface area contributed by atoms with E-state index in [1.807, 2.05) is 14.1 Å². The Morgan fingerprint density at radius 3 is 2.70 bits per heavy atom. The van der Waals surface area contributed by atoms with Gasteiger partial charge in [0.1, 0.15) is 0 Å². The van der Waals surface area contributed by atoms with E-state index >= 15 is 0 Å². The molecule has 0 aromatic rings. The molecule has 1 amide bonds. The first-order valence-electron chi connectivity index (χ1n) is 3.59. The van der Waals surface area contributed by atoms with Crippen molar-refractivity contribution in [1.82, 2.24) is 4.90 Å². The third kappa shape index (κ3) is 1.78. The summed E-state index contributed by atoms with van der Waals surface area (Å²) in [5.74, 6) is 0. The average molecular weight is 241 g/mol. The fourth-order valence-corrected chi connectivity index (χ4v) is 7.85. The molecule has 3 heteroatoms. The van der Waals surface area contributed by atoms with Crippen LogP contribution in [-0.4, -0.2) is 44.1 Å². The zero-order chi connectivity index (χ0) is 7.56. The predicted molar refractivity (Wildman–Crippen MR) is 43.4 cm³/mol. The summed E-state index contributed by atoms with van der Waals surface area (Å²) in [4.78, 5) is 13.1. The zero-order valence-corrected chi connectivity index (χ0v) is 9.80. The standard InChI is InChI=1S/C4H6.C3H6NO.In/c1-3-4-2;1-4(2)3-5;/h1,3H,2,4H2;1-2H3;. The number of hydrogen-bond donors (Lipinski definition) is 0. The van der Waals surface area contributed by atoms with Gasteiger partial charge in [0.25, 0.3) is 0 Å². The molecule has 10 heavy (non-hydrogen) atoms. The summed E-state index contributed by atoms with van der Waals surface area (Å²) >= 11 is -1.79. The minimum atomic E-state index is -1.79. The van der Waals surface area contributed by atoms with Crippen molar-refractivity contribution in [1.29, 1.82) is 0 Å². The van der Waals surface area contributed by atoms with E-state index in [-0.39, 0.29) is 0 Å². The Balaban J connectivity index is 2.49. The Labute approximate surface area is 69.4 Å². The quantitative estimate of drug-likeness (QED) is 0.676. The van der Waals surface area contributed by atoms with E-state index in [1.165, 1.54) is 4.18 Å². The second kappa shape index (κ2) is 3.47. The number of rotatable bonds is 1. The zero-order valence-electron chi connectivity index (χ0n) is 6.50. The summed E-state index contributed by atoms with van der Waals surface area (Å²) in [6, 6.07) is 0. The van der Waals surface area contributed by atoms with Gasteiger partial charge >= 0.3 is 69.4 Å². The molecule has 54 valence electrons. The number of carbonyl (C=O) groups excluding carboxylic acids is 1. The maximum absolute atomic E-state index is 11.3. The van der Waals surface area contributed by atoms with Gasteiger partial charge < -0.3 is 0 Å². The molecule has 1 aliphatic rings. The number of amides is 1. The fraction of sp³-hybridized carbons (Fsp3) is 0.571. The van der Waals surface area contributed by atoms with Crippen LogP contribution in [0.15, 0.2) is 9.91 Å².